The van der Waals surface area contributed by atoms with Crippen LogP contribution in [0.15, 0.2) is 10.7 Å². The molecule has 0 amide bonds. The number of rotatable bonds is 3. The Bertz CT molecular complexity index is 484. The molecule has 3 N–H and O–H groups in total. The predicted molar refractivity (Wildman–Crippen MR) is 61.8 cm³/mol. The Labute approximate surface area is 94.0 Å². The molecule has 2 aromatic heterocycles. The van der Waals surface area contributed by atoms with E-state index in [0.717, 1.165) is 29.0 Å². The number of H-pyrrole nitrogens is 1. The molecule has 0 unspecified atom stereocenters. The summed E-state index contributed by atoms with van der Waals surface area (Å²) < 4.78 is 5.29. The quantitative estimate of drug-likeness (QED) is 0.830. The molecule has 5 heteroatoms. The van der Waals surface area contributed by atoms with E-state index in [1.807, 2.05) is 6.92 Å². The molecule has 16 heavy (non-hydrogen) atoms. The molecule has 0 aliphatic carbocycles. The first-order valence-corrected chi connectivity index (χ1v) is 5.34. The summed E-state index contributed by atoms with van der Waals surface area (Å²) in [5, 5.41) is 10.7. The maximum Gasteiger partial charge on any atom is 0.175 e. The normalized spacial score (nSPS) is 11.2. The summed E-state index contributed by atoms with van der Waals surface area (Å²) in [5.41, 5.74) is 8.67. The molecule has 0 radical (unpaired) electrons. The van der Waals surface area contributed by atoms with E-state index in [4.69, 9.17) is 10.3 Å². The number of aromatic nitrogens is 3. The first kappa shape index (κ1) is 10.7. The van der Waals surface area contributed by atoms with Crippen molar-refractivity contribution < 1.29 is 4.52 Å². The molecular formula is C11H16N4O. The fourth-order valence-electron chi connectivity index (χ4n) is 1.72. The van der Waals surface area contributed by atoms with Crippen LogP contribution in [0.25, 0.3) is 11.3 Å². The Morgan fingerprint density at radius 2 is 2.25 bits per heavy atom. The number of nitrogens with one attached hydrogen (secondary N) is 1. The van der Waals surface area contributed by atoms with Crippen molar-refractivity contribution in [2.45, 2.75) is 27.2 Å². The predicted octanol–water partition coefficient (Wildman–Crippen LogP) is 2.15. The summed E-state index contributed by atoms with van der Waals surface area (Å²) in [6, 6.07) is 0. The molecule has 0 atom stereocenters. The minimum absolute atomic E-state index is 0.476. The van der Waals surface area contributed by atoms with E-state index in [2.05, 4.69) is 29.2 Å². The summed E-state index contributed by atoms with van der Waals surface area (Å²) >= 11 is 0. The minimum Gasteiger partial charge on any atom is -0.381 e. The lowest BCUT2D eigenvalue weighted by molar-refractivity contribution is 0.434. The molecule has 0 spiro atoms. The zero-order chi connectivity index (χ0) is 11.7. The van der Waals surface area contributed by atoms with Crippen molar-refractivity contribution in [1.29, 1.82) is 0 Å². The van der Waals surface area contributed by atoms with Gasteiger partial charge in [-0.25, -0.2) is 0 Å². The molecule has 0 saturated carbocycles. The van der Waals surface area contributed by atoms with E-state index < -0.39 is 0 Å². The van der Waals surface area contributed by atoms with Crippen molar-refractivity contribution in [3.8, 4) is 11.3 Å². The standard InChI is InChI=1S/C11H16N4O/c1-6(2)4-8-10(16-15-11(8)12)9-5-13-14-7(9)3/h5-6H,4H2,1-3H3,(H2,12,15)(H,13,14). The van der Waals surface area contributed by atoms with E-state index in [1.165, 1.54) is 0 Å². The lowest BCUT2D eigenvalue weighted by atomic mass is 10.0. The van der Waals surface area contributed by atoms with Crippen LogP contribution in [0.3, 0.4) is 0 Å². The molecule has 2 heterocycles. The average Bonchev–Trinajstić information content (AvgIpc) is 2.75. The molecule has 86 valence electrons. The van der Waals surface area contributed by atoms with Gasteiger partial charge in [0.05, 0.1) is 11.8 Å². The van der Waals surface area contributed by atoms with E-state index in [1.54, 1.807) is 6.20 Å². The Balaban J connectivity index is 2.46. The Hall–Kier alpha value is -1.78. The molecule has 0 aliphatic heterocycles. The number of hydrogen-bond acceptors (Lipinski definition) is 4. The Morgan fingerprint density at radius 3 is 2.81 bits per heavy atom. The number of aromatic amines is 1. The monoisotopic (exact) mass is 220 g/mol. The van der Waals surface area contributed by atoms with Gasteiger partial charge < -0.3 is 10.3 Å². The van der Waals surface area contributed by atoms with Crippen molar-refractivity contribution in [3.05, 3.63) is 17.5 Å². The number of hydrogen-bond donors (Lipinski definition) is 2. The van der Waals surface area contributed by atoms with E-state index in [-0.39, 0.29) is 0 Å². The lowest BCUT2D eigenvalue weighted by Crippen LogP contribution is -1.99. The number of anilines is 1. The van der Waals surface area contributed by atoms with Crippen LogP contribution >= 0.6 is 0 Å². The summed E-state index contributed by atoms with van der Waals surface area (Å²) in [4.78, 5) is 0. The van der Waals surface area contributed by atoms with Crippen molar-refractivity contribution in [1.82, 2.24) is 15.4 Å². The van der Waals surface area contributed by atoms with Gasteiger partial charge in [-0.15, -0.1) is 0 Å². The third-order valence-corrected chi connectivity index (χ3v) is 2.51. The fourth-order valence-corrected chi connectivity index (χ4v) is 1.72. The van der Waals surface area contributed by atoms with Crippen molar-refractivity contribution >= 4 is 5.82 Å². The smallest absolute Gasteiger partial charge is 0.175 e. The maximum absolute atomic E-state index is 5.81. The van der Waals surface area contributed by atoms with Gasteiger partial charge in [0.1, 0.15) is 0 Å². The molecule has 0 aliphatic rings. The van der Waals surface area contributed by atoms with Gasteiger partial charge in [0.15, 0.2) is 11.6 Å². The lowest BCUT2D eigenvalue weighted by Gasteiger charge is -2.04. The maximum atomic E-state index is 5.81. The first-order chi connectivity index (χ1) is 7.59. The largest absolute Gasteiger partial charge is 0.381 e. The van der Waals surface area contributed by atoms with Crippen LogP contribution in [0, 0.1) is 12.8 Å². The molecule has 5 nitrogen and oxygen atoms in total. The van der Waals surface area contributed by atoms with Crippen LogP contribution in [0.2, 0.25) is 0 Å². The van der Waals surface area contributed by atoms with Crippen LogP contribution in [-0.4, -0.2) is 15.4 Å². The number of nitrogens with zero attached hydrogens (tertiary/aromatic N) is 2. The molecule has 0 aromatic carbocycles. The second-order valence-corrected chi connectivity index (χ2v) is 4.38. The van der Waals surface area contributed by atoms with Crippen LogP contribution in [0.5, 0.6) is 0 Å². The van der Waals surface area contributed by atoms with Crippen molar-refractivity contribution in [2.75, 3.05) is 5.73 Å². The first-order valence-electron chi connectivity index (χ1n) is 5.34. The second-order valence-electron chi connectivity index (χ2n) is 4.38. The Morgan fingerprint density at radius 1 is 1.50 bits per heavy atom. The zero-order valence-corrected chi connectivity index (χ0v) is 9.74. The third kappa shape index (κ3) is 1.80. The topological polar surface area (TPSA) is 80.7 Å². The van der Waals surface area contributed by atoms with Gasteiger partial charge in [-0.1, -0.05) is 19.0 Å². The highest BCUT2D eigenvalue weighted by atomic mass is 16.5. The van der Waals surface area contributed by atoms with E-state index >= 15 is 0 Å². The summed E-state index contributed by atoms with van der Waals surface area (Å²) in [5.74, 6) is 1.72. The number of nitrogen functional groups attached to an aromatic ring is 1. The summed E-state index contributed by atoms with van der Waals surface area (Å²) in [7, 11) is 0. The van der Waals surface area contributed by atoms with E-state index in [0.29, 0.717) is 11.7 Å². The molecule has 0 saturated heterocycles. The van der Waals surface area contributed by atoms with Crippen molar-refractivity contribution in [2.24, 2.45) is 5.92 Å². The van der Waals surface area contributed by atoms with Crippen molar-refractivity contribution in [3.63, 3.8) is 0 Å². The van der Waals surface area contributed by atoms with Crippen LogP contribution in [0.1, 0.15) is 25.1 Å². The second kappa shape index (κ2) is 4.00. The van der Waals surface area contributed by atoms with E-state index in [9.17, 15) is 0 Å². The van der Waals surface area contributed by atoms with Crippen LogP contribution in [-0.2, 0) is 6.42 Å². The van der Waals surface area contributed by atoms with Gasteiger partial charge in [-0.3, -0.25) is 5.10 Å². The molecular weight excluding hydrogens is 204 g/mol. The van der Waals surface area contributed by atoms with Gasteiger partial charge in [0, 0.05) is 11.3 Å². The highest BCUT2D eigenvalue weighted by molar-refractivity contribution is 5.67. The number of aryl methyl sites for hydroxylation is 1. The van der Waals surface area contributed by atoms with Gasteiger partial charge in [-0.05, 0) is 19.3 Å². The minimum atomic E-state index is 0.476. The van der Waals surface area contributed by atoms with Crippen LogP contribution < -0.4 is 5.73 Å². The SMILES string of the molecule is Cc1[nH]ncc1-c1onc(N)c1CC(C)C. The Kier molecular flexibility index (Phi) is 2.68. The average molecular weight is 220 g/mol. The molecule has 0 fully saturated rings. The van der Waals surface area contributed by atoms with Gasteiger partial charge >= 0.3 is 0 Å². The molecule has 2 rings (SSSR count). The third-order valence-electron chi connectivity index (χ3n) is 2.51. The zero-order valence-electron chi connectivity index (χ0n) is 9.74. The fraction of sp³-hybridized carbons (Fsp3) is 0.455. The molecule has 0 bridgehead atoms. The van der Waals surface area contributed by atoms with Crippen LogP contribution in [0.4, 0.5) is 5.82 Å². The van der Waals surface area contributed by atoms with Gasteiger partial charge in [0.2, 0.25) is 0 Å². The number of nitrogens with two attached hydrogens (primary N) is 1. The highest BCUT2D eigenvalue weighted by Gasteiger charge is 2.19. The molecule has 2 aromatic rings. The van der Waals surface area contributed by atoms with Gasteiger partial charge in [0.25, 0.3) is 0 Å². The highest BCUT2D eigenvalue weighted by Crippen LogP contribution is 2.30. The van der Waals surface area contributed by atoms with Gasteiger partial charge in [-0.2, -0.15) is 5.10 Å². The summed E-state index contributed by atoms with van der Waals surface area (Å²) in [6.45, 7) is 6.22. The summed E-state index contributed by atoms with van der Waals surface area (Å²) in [6.07, 6.45) is 2.59.